The number of amides is 1. The summed E-state index contributed by atoms with van der Waals surface area (Å²) in [5.41, 5.74) is 3.28. The molecule has 25 heavy (non-hydrogen) atoms. The summed E-state index contributed by atoms with van der Waals surface area (Å²) in [6, 6.07) is 14.3. The van der Waals surface area contributed by atoms with Gasteiger partial charge in [0.2, 0.25) is 12.2 Å². The summed E-state index contributed by atoms with van der Waals surface area (Å²) >= 11 is 4.07. The number of carbonyl (C=O) groups is 1. The van der Waals surface area contributed by atoms with Crippen LogP contribution in [0, 0.1) is 0 Å². The van der Waals surface area contributed by atoms with Crippen LogP contribution in [-0.4, -0.2) is 32.3 Å². The van der Waals surface area contributed by atoms with E-state index in [2.05, 4.69) is 52.2 Å². The molecule has 0 saturated heterocycles. The fourth-order valence-electron chi connectivity index (χ4n) is 2.30. The molecule has 0 aliphatic rings. The lowest BCUT2D eigenvalue weighted by atomic mass is 10.1. The van der Waals surface area contributed by atoms with E-state index in [0.29, 0.717) is 13.1 Å². The monoisotopic (exact) mass is 374 g/mol. The predicted molar refractivity (Wildman–Crippen MR) is 111 cm³/mol. The molecule has 0 unspecified atom stereocenters. The van der Waals surface area contributed by atoms with E-state index in [1.54, 1.807) is 0 Å². The van der Waals surface area contributed by atoms with E-state index < -0.39 is 0 Å². The highest BCUT2D eigenvalue weighted by Crippen LogP contribution is 2.14. The van der Waals surface area contributed by atoms with Gasteiger partial charge in [-0.15, -0.1) is 11.7 Å². The zero-order chi connectivity index (χ0) is 18.1. The summed E-state index contributed by atoms with van der Waals surface area (Å²) in [7, 11) is 5.47. The first-order chi connectivity index (χ1) is 12.1. The molecule has 2 aromatic rings. The molecule has 1 heterocycles. The molecule has 1 amide bonds. The normalized spacial score (nSPS) is 10.8. The molecule has 0 spiro atoms. The molecule has 6 heteroatoms. The lowest BCUT2D eigenvalue weighted by Crippen LogP contribution is -2.45. The SMILES string of the molecule is CN(C)c1ccc(/C=C/c2cccc[n+]2CC(=O)NCCSS)cc1. The fraction of sp³-hybridized carbons (Fsp3) is 0.263. The van der Waals surface area contributed by atoms with Crippen molar-refractivity contribution in [3.05, 3.63) is 59.9 Å². The Morgan fingerprint density at radius 1 is 1.20 bits per heavy atom. The molecule has 0 aliphatic carbocycles. The highest BCUT2D eigenvalue weighted by atomic mass is 33.1. The summed E-state index contributed by atoms with van der Waals surface area (Å²) in [5, 5.41) is 2.89. The smallest absolute Gasteiger partial charge is 0.286 e. The number of benzene rings is 1. The third kappa shape index (κ3) is 6.48. The van der Waals surface area contributed by atoms with Crippen molar-refractivity contribution >= 4 is 46.2 Å². The van der Waals surface area contributed by atoms with E-state index in [0.717, 1.165) is 17.0 Å². The van der Waals surface area contributed by atoms with Crippen LogP contribution in [0.2, 0.25) is 0 Å². The number of carbonyl (C=O) groups excluding carboxylic acids is 1. The molecule has 0 atom stereocenters. The Morgan fingerprint density at radius 3 is 2.64 bits per heavy atom. The second-order valence-corrected chi connectivity index (χ2v) is 7.20. The maximum atomic E-state index is 12.0. The van der Waals surface area contributed by atoms with E-state index in [1.807, 2.05) is 49.1 Å². The van der Waals surface area contributed by atoms with Gasteiger partial charge >= 0.3 is 0 Å². The van der Waals surface area contributed by atoms with E-state index in [1.165, 1.54) is 16.5 Å². The average Bonchev–Trinajstić information content (AvgIpc) is 2.61. The van der Waals surface area contributed by atoms with Gasteiger partial charge in [0, 0.05) is 50.3 Å². The van der Waals surface area contributed by atoms with Crippen molar-refractivity contribution < 1.29 is 9.36 Å². The molecule has 2 rings (SSSR count). The van der Waals surface area contributed by atoms with Gasteiger partial charge in [0.25, 0.3) is 5.91 Å². The molecule has 0 aliphatic heterocycles. The Bertz CT molecular complexity index is 715. The number of hydrogen-bond donors (Lipinski definition) is 2. The van der Waals surface area contributed by atoms with Crippen molar-refractivity contribution in [3.63, 3.8) is 0 Å². The number of rotatable bonds is 8. The molecule has 0 bridgehead atoms. The number of hydrogen-bond acceptors (Lipinski definition) is 4. The molecule has 0 fully saturated rings. The molecule has 0 saturated carbocycles. The Hall–Kier alpha value is -1.92. The van der Waals surface area contributed by atoms with Gasteiger partial charge in [0.1, 0.15) is 0 Å². The van der Waals surface area contributed by atoms with E-state index in [-0.39, 0.29) is 5.91 Å². The first kappa shape index (κ1) is 19.4. The van der Waals surface area contributed by atoms with Crippen molar-refractivity contribution in [2.24, 2.45) is 0 Å². The first-order valence-corrected chi connectivity index (χ1v) is 10.1. The molecule has 1 N–H and O–H groups in total. The van der Waals surface area contributed by atoms with Gasteiger partial charge in [-0.05, 0) is 29.8 Å². The standard InChI is InChI=1S/C19H23N3OS2/c1-21(2)17-9-6-16(7-10-17)8-11-18-5-3-4-13-22(18)15-19(23)20-12-14-25-24/h3-11,13H,12,14-15H2,1-2H3,(H-,20,23,24)/p+1. The quantitative estimate of drug-likeness (QED) is 0.323. The Labute approximate surface area is 158 Å². The third-order valence-electron chi connectivity index (χ3n) is 3.66. The number of pyridine rings is 1. The largest absolute Gasteiger partial charge is 0.378 e. The summed E-state index contributed by atoms with van der Waals surface area (Å²) in [4.78, 5) is 14.1. The van der Waals surface area contributed by atoms with Crippen LogP contribution < -0.4 is 14.8 Å². The third-order valence-corrected chi connectivity index (χ3v) is 4.60. The first-order valence-electron chi connectivity index (χ1n) is 8.07. The minimum Gasteiger partial charge on any atom is -0.378 e. The second-order valence-electron chi connectivity index (χ2n) is 5.76. The van der Waals surface area contributed by atoms with Crippen molar-refractivity contribution in [3.8, 4) is 0 Å². The zero-order valence-corrected chi connectivity index (χ0v) is 16.3. The average molecular weight is 375 g/mol. The number of thiol groups is 1. The maximum Gasteiger partial charge on any atom is 0.286 e. The minimum atomic E-state index is 0.00330. The van der Waals surface area contributed by atoms with E-state index in [9.17, 15) is 4.79 Å². The molecule has 4 nitrogen and oxygen atoms in total. The Morgan fingerprint density at radius 2 is 1.96 bits per heavy atom. The highest BCUT2D eigenvalue weighted by Gasteiger charge is 2.12. The van der Waals surface area contributed by atoms with Gasteiger partial charge in [-0.3, -0.25) is 4.79 Å². The van der Waals surface area contributed by atoms with Crippen molar-refractivity contribution in [1.82, 2.24) is 5.32 Å². The van der Waals surface area contributed by atoms with Crippen LogP contribution in [0.25, 0.3) is 12.2 Å². The lowest BCUT2D eigenvalue weighted by molar-refractivity contribution is -0.686. The number of nitrogens with zero attached hydrogens (tertiary/aromatic N) is 2. The van der Waals surface area contributed by atoms with E-state index >= 15 is 0 Å². The molecule has 1 aromatic carbocycles. The summed E-state index contributed by atoms with van der Waals surface area (Å²) in [5.74, 6) is 0.799. The van der Waals surface area contributed by atoms with Crippen molar-refractivity contribution in [2.75, 3.05) is 31.3 Å². The number of anilines is 1. The van der Waals surface area contributed by atoms with Crippen molar-refractivity contribution in [2.45, 2.75) is 6.54 Å². The van der Waals surface area contributed by atoms with Crippen LogP contribution in [-0.2, 0) is 11.3 Å². The Balaban J connectivity index is 2.05. The van der Waals surface area contributed by atoms with Crippen LogP contribution in [0.4, 0.5) is 5.69 Å². The summed E-state index contributed by atoms with van der Waals surface area (Å²) in [6.45, 7) is 0.932. The maximum absolute atomic E-state index is 12.0. The lowest BCUT2D eigenvalue weighted by Gasteiger charge is -2.11. The van der Waals surface area contributed by atoms with Gasteiger partial charge in [0.15, 0.2) is 6.20 Å². The van der Waals surface area contributed by atoms with Crippen LogP contribution >= 0.6 is 22.5 Å². The Kier molecular flexibility index (Phi) is 7.88. The summed E-state index contributed by atoms with van der Waals surface area (Å²) < 4.78 is 1.94. The second kappa shape index (κ2) is 10.2. The van der Waals surface area contributed by atoms with Crippen LogP contribution in [0.1, 0.15) is 11.3 Å². The highest BCUT2D eigenvalue weighted by molar-refractivity contribution is 8.68. The van der Waals surface area contributed by atoms with Crippen molar-refractivity contribution in [1.29, 1.82) is 0 Å². The summed E-state index contributed by atoms with van der Waals surface area (Å²) in [6.07, 6.45) is 6.00. The van der Waals surface area contributed by atoms with Gasteiger partial charge in [-0.2, -0.15) is 4.57 Å². The molecular weight excluding hydrogens is 350 g/mol. The van der Waals surface area contributed by atoms with Gasteiger partial charge in [-0.1, -0.05) is 22.9 Å². The zero-order valence-electron chi connectivity index (χ0n) is 14.6. The number of aromatic nitrogens is 1. The number of nitrogens with one attached hydrogen (secondary N) is 1. The van der Waals surface area contributed by atoms with Crippen LogP contribution in [0.3, 0.4) is 0 Å². The van der Waals surface area contributed by atoms with Crippen LogP contribution in [0.15, 0.2) is 48.7 Å². The van der Waals surface area contributed by atoms with Gasteiger partial charge < -0.3 is 10.2 Å². The predicted octanol–water partition coefficient (Wildman–Crippen LogP) is 2.90. The molecule has 1 aromatic heterocycles. The fourth-order valence-corrected chi connectivity index (χ4v) is 2.76. The molecule has 132 valence electrons. The van der Waals surface area contributed by atoms with E-state index in [4.69, 9.17) is 0 Å². The topological polar surface area (TPSA) is 36.2 Å². The minimum absolute atomic E-state index is 0.00330. The van der Waals surface area contributed by atoms with Gasteiger partial charge in [0.05, 0.1) is 0 Å². The molecule has 0 radical (unpaired) electrons. The molecular formula is C19H24N3OS2+. The van der Waals surface area contributed by atoms with Crippen LogP contribution in [0.5, 0.6) is 0 Å². The van der Waals surface area contributed by atoms with Gasteiger partial charge in [-0.25, -0.2) is 0 Å².